The molecule has 2 N–H and O–H groups in total. The van der Waals surface area contributed by atoms with E-state index in [2.05, 4.69) is 10.6 Å². The average Bonchev–Trinajstić information content (AvgIpc) is 2.94. The molecule has 3 rings (SSSR count). The maximum atomic E-state index is 11.8. The summed E-state index contributed by atoms with van der Waals surface area (Å²) in [7, 11) is 0. The summed E-state index contributed by atoms with van der Waals surface area (Å²) in [5.41, 5.74) is 1.49. The number of rotatable bonds is 3. The molecule has 0 spiro atoms. The van der Waals surface area contributed by atoms with Crippen LogP contribution in [0.2, 0.25) is 0 Å². The predicted octanol–water partition coefficient (Wildman–Crippen LogP) is 1.93. The number of carbonyl (C=O) groups is 2. The first-order chi connectivity index (χ1) is 10.2. The molecule has 108 valence electrons. The Morgan fingerprint density at radius 2 is 2.24 bits per heavy atom. The molecule has 2 amide bonds. The zero-order chi connectivity index (χ0) is 14.7. The number of anilines is 1. The third-order valence-electron chi connectivity index (χ3n) is 3.10. The molecule has 2 heterocycles. The molecule has 6 nitrogen and oxygen atoms in total. The molecule has 1 aromatic carbocycles. The van der Waals surface area contributed by atoms with Gasteiger partial charge in [0.05, 0.1) is 25.0 Å². The molecule has 0 atom stereocenters. The number of ether oxygens (including phenoxy) is 1. The zero-order valence-electron chi connectivity index (χ0n) is 11.2. The number of hydrogen-bond acceptors (Lipinski definition) is 4. The van der Waals surface area contributed by atoms with E-state index in [1.807, 2.05) is 6.07 Å². The highest BCUT2D eigenvalue weighted by molar-refractivity contribution is 5.93. The normalized spacial score (nSPS) is 13.6. The Morgan fingerprint density at radius 3 is 3.05 bits per heavy atom. The van der Waals surface area contributed by atoms with Crippen molar-refractivity contribution < 1.29 is 18.7 Å². The van der Waals surface area contributed by atoms with Gasteiger partial charge in [0, 0.05) is 6.54 Å². The van der Waals surface area contributed by atoms with Crippen molar-refractivity contribution in [1.29, 1.82) is 0 Å². The Bertz CT molecular complexity index is 664. The first-order valence-electron chi connectivity index (χ1n) is 6.59. The molecule has 0 fully saturated rings. The second-order valence-electron chi connectivity index (χ2n) is 4.64. The quantitative estimate of drug-likeness (QED) is 0.903. The van der Waals surface area contributed by atoms with Gasteiger partial charge in [0.25, 0.3) is 5.91 Å². The molecule has 0 aliphatic carbocycles. The van der Waals surface area contributed by atoms with Gasteiger partial charge in [-0.05, 0) is 29.8 Å². The van der Waals surface area contributed by atoms with Gasteiger partial charge in [-0.3, -0.25) is 9.59 Å². The molecule has 0 saturated carbocycles. The lowest BCUT2D eigenvalue weighted by Crippen LogP contribution is -2.22. The van der Waals surface area contributed by atoms with Crippen molar-refractivity contribution in [1.82, 2.24) is 5.32 Å². The molecule has 0 radical (unpaired) electrons. The number of furan rings is 1. The minimum absolute atomic E-state index is 0.0782. The Morgan fingerprint density at radius 1 is 1.33 bits per heavy atom. The summed E-state index contributed by atoms with van der Waals surface area (Å²) in [6.07, 6.45) is 1.78. The average molecular weight is 286 g/mol. The fraction of sp³-hybridized carbons (Fsp3) is 0.200. The van der Waals surface area contributed by atoms with E-state index in [9.17, 15) is 9.59 Å². The molecule has 0 unspecified atom stereocenters. The third-order valence-corrected chi connectivity index (χ3v) is 3.10. The monoisotopic (exact) mass is 286 g/mol. The van der Waals surface area contributed by atoms with Gasteiger partial charge in [-0.2, -0.15) is 0 Å². The Labute approximate surface area is 121 Å². The van der Waals surface area contributed by atoms with Crippen LogP contribution in [0.3, 0.4) is 0 Å². The van der Waals surface area contributed by atoms with Gasteiger partial charge in [-0.1, -0.05) is 6.07 Å². The summed E-state index contributed by atoms with van der Waals surface area (Å²) in [6, 6.07) is 8.68. The van der Waals surface area contributed by atoms with Crippen LogP contribution in [0.1, 0.15) is 22.5 Å². The smallest absolute Gasteiger partial charge is 0.287 e. The van der Waals surface area contributed by atoms with E-state index < -0.39 is 0 Å². The highest BCUT2D eigenvalue weighted by atomic mass is 16.5. The van der Waals surface area contributed by atoms with Gasteiger partial charge >= 0.3 is 0 Å². The van der Waals surface area contributed by atoms with Crippen molar-refractivity contribution in [2.75, 3.05) is 11.9 Å². The van der Waals surface area contributed by atoms with Crippen LogP contribution in [-0.4, -0.2) is 18.4 Å². The van der Waals surface area contributed by atoms with E-state index in [-0.39, 0.29) is 17.6 Å². The number of hydrogen-bond donors (Lipinski definition) is 2. The van der Waals surface area contributed by atoms with Crippen LogP contribution in [0, 0.1) is 0 Å². The molecule has 1 aliphatic heterocycles. The SMILES string of the molecule is O=C1CCOc2ccc(CNC(=O)c3ccco3)cc2N1. The lowest BCUT2D eigenvalue weighted by molar-refractivity contribution is -0.116. The van der Waals surface area contributed by atoms with Crippen LogP contribution in [0.25, 0.3) is 0 Å². The van der Waals surface area contributed by atoms with Crippen LogP contribution in [0.4, 0.5) is 5.69 Å². The van der Waals surface area contributed by atoms with E-state index in [0.29, 0.717) is 31.0 Å². The summed E-state index contributed by atoms with van der Waals surface area (Å²) in [6.45, 7) is 0.704. The minimum atomic E-state index is -0.282. The van der Waals surface area contributed by atoms with Gasteiger partial charge in [0.1, 0.15) is 5.75 Å². The van der Waals surface area contributed by atoms with Crippen molar-refractivity contribution in [2.24, 2.45) is 0 Å². The Kier molecular flexibility index (Phi) is 3.59. The molecule has 0 bridgehead atoms. The maximum absolute atomic E-state index is 11.8. The first-order valence-corrected chi connectivity index (χ1v) is 6.59. The topological polar surface area (TPSA) is 80.6 Å². The van der Waals surface area contributed by atoms with Gasteiger partial charge in [-0.15, -0.1) is 0 Å². The highest BCUT2D eigenvalue weighted by Crippen LogP contribution is 2.28. The number of amides is 2. The largest absolute Gasteiger partial charge is 0.491 e. The molecular weight excluding hydrogens is 272 g/mol. The predicted molar refractivity (Wildman–Crippen MR) is 75.1 cm³/mol. The summed E-state index contributed by atoms with van der Waals surface area (Å²) >= 11 is 0. The van der Waals surface area contributed by atoms with Gasteiger partial charge in [-0.25, -0.2) is 0 Å². The summed E-state index contributed by atoms with van der Waals surface area (Å²) in [5.74, 6) is 0.545. The molecule has 2 aromatic rings. The molecule has 21 heavy (non-hydrogen) atoms. The van der Waals surface area contributed by atoms with Crippen LogP contribution >= 0.6 is 0 Å². The fourth-order valence-electron chi connectivity index (χ4n) is 2.05. The van der Waals surface area contributed by atoms with Crippen molar-refractivity contribution in [3.63, 3.8) is 0 Å². The second-order valence-corrected chi connectivity index (χ2v) is 4.64. The molecule has 6 heteroatoms. The lowest BCUT2D eigenvalue weighted by atomic mass is 10.2. The van der Waals surface area contributed by atoms with E-state index in [1.165, 1.54) is 6.26 Å². The number of carbonyl (C=O) groups excluding carboxylic acids is 2. The van der Waals surface area contributed by atoms with Crippen molar-refractivity contribution >= 4 is 17.5 Å². The molecule has 1 aromatic heterocycles. The third kappa shape index (κ3) is 3.05. The molecule has 0 saturated heterocycles. The van der Waals surface area contributed by atoms with Crippen LogP contribution in [0.5, 0.6) is 5.75 Å². The van der Waals surface area contributed by atoms with Gasteiger partial charge in [0.15, 0.2) is 5.76 Å². The number of nitrogens with one attached hydrogen (secondary N) is 2. The summed E-state index contributed by atoms with van der Waals surface area (Å²) in [4.78, 5) is 23.3. The van der Waals surface area contributed by atoms with Crippen molar-refractivity contribution in [2.45, 2.75) is 13.0 Å². The molecular formula is C15H14N2O4. The van der Waals surface area contributed by atoms with E-state index in [0.717, 1.165) is 5.56 Å². The summed E-state index contributed by atoms with van der Waals surface area (Å²) < 4.78 is 10.5. The van der Waals surface area contributed by atoms with Crippen molar-refractivity contribution in [3.8, 4) is 5.75 Å². The highest BCUT2D eigenvalue weighted by Gasteiger charge is 2.14. The van der Waals surface area contributed by atoms with E-state index >= 15 is 0 Å². The molecule has 1 aliphatic rings. The maximum Gasteiger partial charge on any atom is 0.287 e. The Hall–Kier alpha value is -2.76. The van der Waals surface area contributed by atoms with Crippen LogP contribution in [0.15, 0.2) is 41.0 Å². The van der Waals surface area contributed by atoms with Gasteiger partial charge in [0.2, 0.25) is 5.91 Å². The second kappa shape index (κ2) is 5.70. The zero-order valence-corrected chi connectivity index (χ0v) is 11.2. The van der Waals surface area contributed by atoms with Crippen molar-refractivity contribution in [3.05, 3.63) is 47.9 Å². The van der Waals surface area contributed by atoms with E-state index in [1.54, 1.807) is 24.3 Å². The fourth-order valence-corrected chi connectivity index (χ4v) is 2.05. The number of benzene rings is 1. The lowest BCUT2D eigenvalue weighted by Gasteiger charge is -2.10. The van der Waals surface area contributed by atoms with Crippen LogP contribution < -0.4 is 15.4 Å². The Balaban J connectivity index is 1.69. The minimum Gasteiger partial charge on any atom is -0.491 e. The summed E-state index contributed by atoms with van der Waals surface area (Å²) in [5, 5.41) is 5.53. The van der Waals surface area contributed by atoms with Crippen LogP contribution in [-0.2, 0) is 11.3 Å². The number of fused-ring (bicyclic) bond motifs is 1. The first kappa shape index (κ1) is 13.2. The van der Waals surface area contributed by atoms with E-state index in [4.69, 9.17) is 9.15 Å². The standard InChI is InChI=1S/C15H14N2O4/c18-14-5-7-21-12-4-3-10(8-11(12)17-14)9-16-15(19)13-2-1-6-20-13/h1-4,6,8H,5,7,9H2,(H,16,19)(H,17,18). The van der Waals surface area contributed by atoms with Gasteiger partial charge < -0.3 is 19.8 Å².